The van der Waals surface area contributed by atoms with Crippen molar-refractivity contribution in [1.29, 1.82) is 0 Å². The molecule has 138 valence electrons. The summed E-state index contributed by atoms with van der Waals surface area (Å²) >= 11 is 0. The molecule has 0 heterocycles. The molecule has 0 aliphatic carbocycles. The fourth-order valence-corrected chi connectivity index (χ4v) is 2.90. The minimum absolute atomic E-state index is 0.0129. The Morgan fingerprint density at radius 1 is 0.565 bits per heavy atom. The molecular formula is C21H42O2. The van der Waals surface area contributed by atoms with Gasteiger partial charge in [0, 0.05) is 6.42 Å². The molecule has 2 heteroatoms. The highest BCUT2D eigenvalue weighted by Gasteiger charge is 2.02. The van der Waals surface area contributed by atoms with Gasteiger partial charge in [0.2, 0.25) is 0 Å². The van der Waals surface area contributed by atoms with Crippen LogP contribution >= 0.6 is 0 Å². The molecule has 0 aromatic carbocycles. The smallest absolute Gasteiger partial charge is 0.305 e. The average molecular weight is 327 g/mol. The first-order valence-corrected chi connectivity index (χ1v) is 10.5. The van der Waals surface area contributed by atoms with Gasteiger partial charge in [-0.1, -0.05) is 104 Å². The van der Waals surface area contributed by atoms with Gasteiger partial charge in [0.05, 0.1) is 6.61 Å². The largest absolute Gasteiger partial charge is 0.466 e. The zero-order valence-corrected chi connectivity index (χ0v) is 16.0. The zero-order chi connectivity index (χ0) is 17.0. The van der Waals surface area contributed by atoms with E-state index in [-0.39, 0.29) is 5.97 Å². The van der Waals surface area contributed by atoms with E-state index in [2.05, 4.69) is 13.8 Å². The first-order chi connectivity index (χ1) is 11.3. The lowest BCUT2D eigenvalue weighted by Crippen LogP contribution is -2.05. The van der Waals surface area contributed by atoms with Crippen molar-refractivity contribution in [2.24, 2.45) is 0 Å². The summed E-state index contributed by atoms with van der Waals surface area (Å²) in [6.45, 7) is 5.13. The number of esters is 1. The summed E-state index contributed by atoms with van der Waals surface area (Å²) < 4.78 is 5.31. The van der Waals surface area contributed by atoms with Crippen molar-refractivity contribution in [2.45, 2.75) is 123 Å². The van der Waals surface area contributed by atoms with Crippen LogP contribution < -0.4 is 0 Å². The summed E-state index contributed by atoms with van der Waals surface area (Å²) in [6, 6.07) is 0. The molecule has 0 saturated heterocycles. The van der Waals surface area contributed by atoms with Crippen molar-refractivity contribution in [3.63, 3.8) is 0 Å². The normalized spacial score (nSPS) is 10.9. The molecule has 2 nitrogen and oxygen atoms in total. The van der Waals surface area contributed by atoms with Crippen LogP contribution in [0.25, 0.3) is 0 Å². The summed E-state index contributed by atoms with van der Waals surface area (Å²) in [4.78, 5) is 11.6. The van der Waals surface area contributed by atoms with Crippen LogP contribution in [0.3, 0.4) is 0 Å². The molecule has 23 heavy (non-hydrogen) atoms. The number of rotatable bonds is 18. The van der Waals surface area contributed by atoms with E-state index < -0.39 is 0 Å². The molecule has 0 aromatic rings. The minimum Gasteiger partial charge on any atom is -0.466 e. The van der Waals surface area contributed by atoms with E-state index in [9.17, 15) is 4.79 Å². The van der Waals surface area contributed by atoms with E-state index in [1.54, 1.807) is 0 Å². The maximum Gasteiger partial charge on any atom is 0.305 e. The van der Waals surface area contributed by atoms with E-state index >= 15 is 0 Å². The number of carbonyl (C=O) groups is 1. The van der Waals surface area contributed by atoms with E-state index in [4.69, 9.17) is 4.74 Å². The molecule has 0 rings (SSSR count). The Bertz CT molecular complexity index is 238. The van der Waals surface area contributed by atoms with Gasteiger partial charge in [0.15, 0.2) is 0 Å². The third kappa shape index (κ3) is 19.4. The molecule has 0 spiro atoms. The van der Waals surface area contributed by atoms with Crippen molar-refractivity contribution in [2.75, 3.05) is 6.61 Å². The Labute approximate surface area is 145 Å². The van der Waals surface area contributed by atoms with Gasteiger partial charge in [0.25, 0.3) is 0 Å². The third-order valence-electron chi connectivity index (χ3n) is 4.50. The maximum absolute atomic E-state index is 11.6. The van der Waals surface area contributed by atoms with Crippen molar-refractivity contribution in [3.05, 3.63) is 0 Å². The average Bonchev–Trinajstić information content (AvgIpc) is 2.56. The van der Waals surface area contributed by atoms with E-state index in [0.29, 0.717) is 13.0 Å². The van der Waals surface area contributed by atoms with Crippen molar-refractivity contribution in [1.82, 2.24) is 0 Å². The molecule has 0 bridgehead atoms. The first kappa shape index (κ1) is 22.5. The van der Waals surface area contributed by atoms with E-state index in [0.717, 1.165) is 12.8 Å². The predicted molar refractivity (Wildman–Crippen MR) is 101 cm³/mol. The van der Waals surface area contributed by atoms with Crippen LogP contribution in [0, 0.1) is 0 Å². The molecule has 0 aliphatic heterocycles. The molecule has 0 unspecified atom stereocenters. The molecule has 0 radical (unpaired) electrons. The first-order valence-electron chi connectivity index (χ1n) is 10.5. The lowest BCUT2D eigenvalue weighted by molar-refractivity contribution is -0.143. The summed E-state index contributed by atoms with van der Waals surface area (Å²) in [6.07, 6.45) is 21.1. The number of ether oxygens (including phenoxy) is 1. The third-order valence-corrected chi connectivity index (χ3v) is 4.50. The van der Waals surface area contributed by atoms with Crippen LogP contribution in [0.4, 0.5) is 0 Å². The highest BCUT2D eigenvalue weighted by Crippen LogP contribution is 2.11. The summed E-state index contributed by atoms with van der Waals surface area (Å²) in [5.41, 5.74) is 0. The maximum atomic E-state index is 11.6. The van der Waals surface area contributed by atoms with Gasteiger partial charge in [-0.15, -0.1) is 0 Å². The second-order valence-electron chi connectivity index (χ2n) is 6.92. The Hall–Kier alpha value is -0.530. The summed E-state index contributed by atoms with van der Waals surface area (Å²) in [5.74, 6) is 0.0129. The van der Waals surface area contributed by atoms with Crippen LogP contribution in [-0.2, 0) is 9.53 Å². The molecule has 0 atom stereocenters. The Kier molecular flexibility index (Phi) is 19.1. The Morgan fingerprint density at radius 2 is 0.957 bits per heavy atom. The molecule has 0 amide bonds. The van der Waals surface area contributed by atoms with Crippen LogP contribution in [0.1, 0.15) is 123 Å². The SMILES string of the molecule is CCCCCCCCCCOC(=O)CCCCCCCCCC. The zero-order valence-electron chi connectivity index (χ0n) is 16.0. The van der Waals surface area contributed by atoms with Crippen LogP contribution in [-0.4, -0.2) is 12.6 Å². The highest BCUT2D eigenvalue weighted by atomic mass is 16.5. The number of carbonyl (C=O) groups excluding carboxylic acids is 1. The molecule has 0 aliphatic rings. The molecule has 0 aromatic heterocycles. The van der Waals surface area contributed by atoms with Gasteiger partial charge in [-0.2, -0.15) is 0 Å². The van der Waals surface area contributed by atoms with Crippen LogP contribution in [0.5, 0.6) is 0 Å². The Morgan fingerprint density at radius 3 is 1.43 bits per heavy atom. The fraction of sp³-hybridized carbons (Fsp3) is 0.952. The number of hydrogen-bond donors (Lipinski definition) is 0. The van der Waals surface area contributed by atoms with Gasteiger partial charge < -0.3 is 4.74 Å². The van der Waals surface area contributed by atoms with Gasteiger partial charge in [-0.05, 0) is 12.8 Å². The second kappa shape index (κ2) is 19.5. The topological polar surface area (TPSA) is 26.3 Å². The molecular weight excluding hydrogens is 284 g/mol. The monoisotopic (exact) mass is 326 g/mol. The lowest BCUT2D eigenvalue weighted by atomic mass is 10.1. The molecule has 0 N–H and O–H groups in total. The highest BCUT2D eigenvalue weighted by molar-refractivity contribution is 5.69. The van der Waals surface area contributed by atoms with Crippen LogP contribution in [0.15, 0.2) is 0 Å². The van der Waals surface area contributed by atoms with Crippen molar-refractivity contribution < 1.29 is 9.53 Å². The lowest BCUT2D eigenvalue weighted by Gasteiger charge is -2.05. The summed E-state index contributed by atoms with van der Waals surface area (Å²) in [7, 11) is 0. The van der Waals surface area contributed by atoms with Crippen molar-refractivity contribution >= 4 is 5.97 Å². The van der Waals surface area contributed by atoms with Crippen LogP contribution in [0.2, 0.25) is 0 Å². The predicted octanol–water partition coefficient (Wildman–Crippen LogP) is 7.20. The van der Waals surface area contributed by atoms with Gasteiger partial charge in [-0.25, -0.2) is 0 Å². The standard InChI is InChI=1S/C21H42O2/c1-3-5-7-9-11-13-15-17-19-21(22)23-20-18-16-14-12-10-8-6-4-2/h3-20H2,1-2H3. The minimum atomic E-state index is 0.0129. The van der Waals surface area contributed by atoms with E-state index in [1.807, 2.05) is 0 Å². The van der Waals surface area contributed by atoms with Gasteiger partial charge in [-0.3, -0.25) is 4.79 Å². The van der Waals surface area contributed by atoms with Crippen molar-refractivity contribution in [3.8, 4) is 0 Å². The number of hydrogen-bond acceptors (Lipinski definition) is 2. The quantitative estimate of drug-likeness (QED) is 0.196. The molecule has 0 saturated carbocycles. The molecule has 0 fully saturated rings. The van der Waals surface area contributed by atoms with Gasteiger partial charge >= 0.3 is 5.97 Å². The van der Waals surface area contributed by atoms with Gasteiger partial charge in [0.1, 0.15) is 0 Å². The van der Waals surface area contributed by atoms with E-state index in [1.165, 1.54) is 89.9 Å². The summed E-state index contributed by atoms with van der Waals surface area (Å²) in [5, 5.41) is 0. The fourth-order valence-electron chi connectivity index (χ4n) is 2.90. The number of unbranched alkanes of at least 4 members (excludes halogenated alkanes) is 14. The Balaban J connectivity index is 3.13. The second-order valence-corrected chi connectivity index (χ2v) is 6.92.